The van der Waals surface area contributed by atoms with Crippen molar-refractivity contribution in [1.82, 2.24) is 5.32 Å². The second-order valence-corrected chi connectivity index (χ2v) is 3.77. The lowest BCUT2D eigenvalue weighted by atomic mass is 10.3. The van der Waals surface area contributed by atoms with E-state index in [9.17, 15) is 9.59 Å². The van der Waals surface area contributed by atoms with E-state index in [0.717, 1.165) is 0 Å². The molecule has 0 aliphatic rings. The SMILES string of the molecule is C[C@@H](Oc1cccc(Cl)c1)C(=O)NCC(=O)O. The van der Waals surface area contributed by atoms with Crippen LogP contribution in [0.25, 0.3) is 0 Å². The molecule has 5 nitrogen and oxygen atoms in total. The molecule has 0 unspecified atom stereocenters. The van der Waals surface area contributed by atoms with Gasteiger partial charge < -0.3 is 15.2 Å². The van der Waals surface area contributed by atoms with Crippen LogP contribution in [0, 0.1) is 0 Å². The van der Waals surface area contributed by atoms with Gasteiger partial charge in [0.15, 0.2) is 6.10 Å². The third kappa shape index (κ3) is 4.74. The molecule has 1 rings (SSSR count). The van der Waals surface area contributed by atoms with Gasteiger partial charge in [-0.05, 0) is 25.1 Å². The van der Waals surface area contributed by atoms with Crippen LogP contribution in [0.2, 0.25) is 5.02 Å². The van der Waals surface area contributed by atoms with E-state index in [1.165, 1.54) is 6.92 Å². The summed E-state index contributed by atoms with van der Waals surface area (Å²) < 4.78 is 5.30. The van der Waals surface area contributed by atoms with Crippen molar-refractivity contribution in [2.45, 2.75) is 13.0 Å². The van der Waals surface area contributed by atoms with Crippen LogP contribution in [-0.4, -0.2) is 29.6 Å². The largest absolute Gasteiger partial charge is 0.481 e. The van der Waals surface area contributed by atoms with Gasteiger partial charge in [-0.15, -0.1) is 0 Å². The molecule has 0 aromatic heterocycles. The Morgan fingerprint density at radius 1 is 1.53 bits per heavy atom. The summed E-state index contributed by atoms with van der Waals surface area (Å²) >= 11 is 5.75. The second-order valence-electron chi connectivity index (χ2n) is 3.33. The fourth-order valence-electron chi connectivity index (χ4n) is 1.10. The lowest BCUT2D eigenvalue weighted by molar-refractivity contribution is -0.139. The third-order valence-electron chi connectivity index (χ3n) is 1.89. The summed E-state index contributed by atoms with van der Waals surface area (Å²) in [7, 11) is 0. The monoisotopic (exact) mass is 257 g/mol. The molecule has 1 atom stereocenters. The molecule has 0 radical (unpaired) electrons. The number of carboxylic acid groups (broad SMARTS) is 1. The molecule has 0 aliphatic heterocycles. The van der Waals surface area contributed by atoms with Gasteiger partial charge in [-0.3, -0.25) is 9.59 Å². The molecule has 92 valence electrons. The highest BCUT2D eigenvalue weighted by Gasteiger charge is 2.15. The van der Waals surface area contributed by atoms with Crippen molar-refractivity contribution in [3.05, 3.63) is 29.3 Å². The standard InChI is InChI=1S/C11H12ClNO4/c1-7(11(16)13-6-10(14)15)17-9-4-2-3-8(12)5-9/h2-5,7H,6H2,1H3,(H,13,16)(H,14,15)/t7-/m1/s1. The van der Waals surface area contributed by atoms with E-state index in [2.05, 4.69) is 5.32 Å². The molecule has 0 spiro atoms. The second kappa shape index (κ2) is 6.10. The van der Waals surface area contributed by atoms with Gasteiger partial charge >= 0.3 is 5.97 Å². The Labute approximate surface area is 103 Å². The molecule has 1 amide bonds. The average Bonchev–Trinajstić information content (AvgIpc) is 2.25. The Morgan fingerprint density at radius 3 is 2.82 bits per heavy atom. The molecular weight excluding hydrogens is 246 g/mol. The zero-order valence-corrected chi connectivity index (χ0v) is 9.90. The number of benzene rings is 1. The maximum absolute atomic E-state index is 11.4. The van der Waals surface area contributed by atoms with Gasteiger partial charge in [0.25, 0.3) is 5.91 Å². The van der Waals surface area contributed by atoms with Gasteiger partial charge in [0.1, 0.15) is 12.3 Å². The van der Waals surface area contributed by atoms with Crippen molar-refractivity contribution in [3.8, 4) is 5.75 Å². The van der Waals surface area contributed by atoms with Gasteiger partial charge in [-0.1, -0.05) is 17.7 Å². The molecule has 0 aliphatic carbocycles. The number of halogens is 1. The minimum Gasteiger partial charge on any atom is -0.481 e. The van der Waals surface area contributed by atoms with Crippen molar-refractivity contribution in [2.75, 3.05) is 6.54 Å². The topological polar surface area (TPSA) is 75.6 Å². The first-order valence-corrected chi connectivity index (χ1v) is 5.28. The maximum Gasteiger partial charge on any atom is 0.322 e. The summed E-state index contributed by atoms with van der Waals surface area (Å²) in [5, 5.41) is 11.1. The predicted octanol–water partition coefficient (Wildman–Crippen LogP) is 1.31. The highest BCUT2D eigenvalue weighted by atomic mass is 35.5. The third-order valence-corrected chi connectivity index (χ3v) is 2.13. The first-order chi connectivity index (χ1) is 7.99. The fourth-order valence-corrected chi connectivity index (χ4v) is 1.28. The zero-order valence-electron chi connectivity index (χ0n) is 9.14. The van der Waals surface area contributed by atoms with Crippen molar-refractivity contribution >= 4 is 23.5 Å². The first kappa shape index (κ1) is 13.3. The van der Waals surface area contributed by atoms with Crippen LogP contribution in [-0.2, 0) is 9.59 Å². The van der Waals surface area contributed by atoms with Crippen LogP contribution in [0.5, 0.6) is 5.75 Å². The summed E-state index contributed by atoms with van der Waals surface area (Å²) in [6.45, 7) is 1.10. The number of nitrogens with one attached hydrogen (secondary N) is 1. The number of carbonyl (C=O) groups is 2. The molecule has 1 aromatic rings. The number of amides is 1. The Balaban J connectivity index is 2.51. The van der Waals surface area contributed by atoms with Gasteiger partial charge in [-0.25, -0.2) is 0 Å². The van der Waals surface area contributed by atoms with Crippen LogP contribution >= 0.6 is 11.6 Å². The fraction of sp³-hybridized carbons (Fsp3) is 0.273. The average molecular weight is 258 g/mol. The van der Waals surface area contributed by atoms with Gasteiger partial charge in [0.05, 0.1) is 0 Å². The number of ether oxygens (including phenoxy) is 1. The molecule has 2 N–H and O–H groups in total. The normalized spacial score (nSPS) is 11.6. The molecule has 1 aromatic carbocycles. The Kier molecular flexibility index (Phi) is 4.78. The number of hydrogen-bond acceptors (Lipinski definition) is 3. The van der Waals surface area contributed by atoms with Gasteiger partial charge in [0, 0.05) is 5.02 Å². The quantitative estimate of drug-likeness (QED) is 0.834. The summed E-state index contributed by atoms with van der Waals surface area (Å²) in [6.07, 6.45) is -0.784. The minimum atomic E-state index is -1.10. The smallest absolute Gasteiger partial charge is 0.322 e. The lowest BCUT2D eigenvalue weighted by Crippen LogP contribution is -2.39. The van der Waals surface area contributed by atoms with Crippen LogP contribution in [0.3, 0.4) is 0 Å². The molecule has 6 heteroatoms. The summed E-state index contributed by atoms with van der Waals surface area (Å²) in [5.41, 5.74) is 0. The maximum atomic E-state index is 11.4. The number of rotatable bonds is 5. The van der Waals surface area contributed by atoms with E-state index >= 15 is 0 Å². The van der Waals surface area contributed by atoms with Crippen molar-refractivity contribution in [3.63, 3.8) is 0 Å². The van der Waals surface area contributed by atoms with Crippen molar-refractivity contribution < 1.29 is 19.4 Å². The number of carbonyl (C=O) groups excluding carboxylic acids is 1. The highest BCUT2D eigenvalue weighted by molar-refractivity contribution is 6.30. The predicted molar refractivity (Wildman–Crippen MR) is 62.2 cm³/mol. The van der Waals surface area contributed by atoms with Crippen molar-refractivity contribution in [2.24, 2.45) is 0 Å². The van der Waals surface area contributed by atoms with Crippen LogP contribution in [0.4, 0.5) is 0 Å². The van der Waals surface area contributed by atoms with E-state index in [0.29, 0.717) is 10.8 Å². The van der Waals surface area contributed by atoms with Crippen LogP contribution in [0.1, 0.15) is 6.92 Å². The number of aliphatic carboxylic acids is 1. The van der Waals surface area contributed by atoms with Crippen molar-refractivity contribution in [1.29, 1.82) is 0 Å². The van der Waals surface area contributed by atoms with E-state index in [-0.39, 0.29) is 0 Å². The molecule has 0 saturated carbocycles. The van der Waals surface area contributed by atoms with Gasteiger partial charge in [0.2, 0.25) is 0 Å². The summed E-state index contributed by atoms with van der Waals surface area (Å²) in [4.78, 5) is 21.7. The number of hydrogen-bond donors (Lipinski definition) is 2. The van der Waals surface area contributed by atoms with E-state index < -0.39 is 24.5 Å². The molecule has 0 saturated heterocycles. The Bertz CT molecular complexity index is 422. The van der Waals surface area contributed by atoms with E-state index in [1.54, 1.807) is 24.3 Å². The number of carboxylic acids is 1. The first-order valence-electron chi connectivity index (χ1n) is 4.91. The molecule has 17 heavy (non-hydrogen) atoms. The summed E-state index contributed by atoms with van der Waals surface area (Å²) in [6, 6.07) is 6.61. The van der Waals surface area contributed by atoms with Crippen LogP contribution < -0.4 is 10.1 Å². The van der Waals surface area contributed by atoms with Crippen LogP contribution in [0.15, 0.2) is 24.3 Å². The van der Waals surface area contributed by atoms with Gasteiger partial charge in [-0.2, -0.15) is 0 Å². The molecule has 0 heterocycles. The molecule has 0 bridgehead atoms. The minimum absolute atomic E-state index is 0.428. The highest BCUT2D eigenvalue weighted by Crippen LogP contribution is 2.18. The molecule has 0 fully saturated rings. The van der Waals surface area contributed by atoms with E-state index in [4.69, 9.17) is 21.4 Å². The Hall–Kier alpha value is -1.75. The molecular formula is C11H12ClNO4. The van der Waals surface area contributed by atoms with E-state index in [1.807, 2.05) is 0 Å². The lowest BCUT2D eigenvalue weighted by Gasteiger charge is -2.13. The zero-order chi connectivity index (χ0) is 12.8. The summed E-state index contributed by atoms with van der Waals surface area (Å²) in [5.74, 6) is -1.14. The Morgan fingerprint density at radius 2 is 2.24 bits per heavy atom.